The maximum absolute atomic E-state index is 13.6. The Morgan fingerprint density at radius 2 is 0.804 bits per heavy atom. The van der Waals surface area contributed by atoms with Crippen molar-refractivity contribution in [3.8, 4) is 0 Å². The monoisotopic (exact) mass is 797 g/mol. The molecule has 0 amide bonds. The molecule has 6 N–H and O–H groups in total. The van der Waals surface area contributed by atoms with Crippen molar-refractivity contribution in [2.45, 2.75) is 243 Å². The fourth-order valence-electron chi connectivity index (χ4n) is 7.30. The van der Waals surface area contributed by atoms with Gasteiger partial charge in [-0.3, -0.25) is 19.2 Å². The number of rotatable bonds is 42. The van der Waals surface area contributed by atoms with Crippen LogP contribution in [0.1, 0.15) is 219 Å². The molecule has 0 heterocycles. The first-order valence-electron chi connectivity index (χ1n) is 22.8. The van der Waals surface area contributed by atoms with E-state index in [1.165, 1.54) is 96.3 Å². The average Bonchev–Trinajstić information content (AvgIpc) is 3.20. The molecular formula is C46H84O10. The van der Waals surface area contributed by atoms with Crippen molar-refractivity contribution < 1.29 is 49.8 Å². The van der Waals surface area contributed by atoms with Crippen LogP contribution in [-0.4, -0.2) is 90.4 Å². The minimum atomic E-state index is -3.30. The summed E-state index contributed by atoms with van der Waals surface area (Å²) < 4.78 is 0. The van der Waals surface area contributed by atoms with Gasteiger partial charge in [-0.25, -0.2) is 0 Å². The van der Waals surface area contributed by atoms with Crippen LogP contribution in [-0.2, 0) is 19.2 Å². The summed E-state index contributed by atoms with van der Waals surface area (Å²) in [6.07, 6.45) is 28.7. The zero-order valence-electron chi connectivity index (χ0n) is 35.7. The number of ketones is 4. The standard InChI is InChI=1S/C46H84O10/c1-3-5-7-9-11-13-15-17-18-19-20-22-23-25-27-29-31-33-41(51)45(55,38-48)46(56,43(53)36-35-39(49)44(54)40(50)37-47)42(52)34-32-30-28-26-24-21-16-14-12-10-8-6-4-2/h14,16,40,44,47-48,50,54-56H,3-13,15,17-38H2,1-2H3/b16-14-. The van der Waals surface area contributed by atoms with Gasteiger partial charge in [-0.1, -0.05) is 167 Å². The minimum absolute atomic E-state index is 0.258. The lowest BCUT2D eigenvalue weighted by atomic mass is 9.71. The number of aliphatic hydroxyl groups excluding tert-OH is 4. The van der Waals surface area contributed by atoms with Gasteiger partial charge < -0.3 is 30.6 Å². The van der Waals surface area contributed by atoms with Crippen molar-refractivity contribution in [3.63, 3.8) is 0 Å². The molecule has 0 fully saturated rings. The van der Waals surface area contributed by atoms with E-state index in [2.05, 4.69) is 26.0 Å². The van der Waals surface area contributed by atoms with Gasteiger partial charge in [0.05, 0.1) is 13.2 Å². The van der Waals surface area contributed by atoms with Crippen LogP contribution in [0.4, 0.5) is 0 Å². The van der Waals surface area contributed by atoms with Crippen LogP contribution in [0.25, 0.3) is 0 Å². The molecule has 56 heavy (non-hydrogen) atoms. The van der Waals surface area contributed by atoms with Crippen LogP contribution in [0.2, 0.25) is 0 Å². The van der Waals surface area contributed by atoms with Gasteiger partial charge in [0, 0.05) is 25.7 Å². The van der Waals surface area contributed by atoms with Crippen LogP contribution in [0.5, 0.6) is 0 Å². The zero-order valence-corrected chi connectivity index (χ0v) is 35.7. The summed E-state index contributed by atoms with van der Waals surface area (Å²) in [7, 11) is 0. The molecule has 0 aliphatic rings. The number of Topliss-reactive ketones (excluding diaryl/α,β-unsaturated/α-hetero) is 4. The molecule has 0 spiro atoms. The van der Waals surface area contributed by atoms with E-state index < -0.39 is 72.6 Å². The molecule has 4 atom stereocenters. The van der Waals surface area contributed by atoms with Crippen molar-refractivity contribution >= 4 is 23.1 Å². The lowest BCUT2D eigenvalue weighted by Crippen LogP contribution is -2.69. The predicted molar refractivity (Wildman–Crippen MR) is 224 cm³/mol. The fraction of sp³-hybridized carbons (Fsp3) is 0.870. The van der Waals surface area contributed by atoms with Gasteiger partial charge >= 0.3 is 0 Å². The Morgan fingerprint density at radius 1 is 0.464 bits per heavy atom. The summed E-state index contributed by atoms with van der Waals surface area (Å²) in [6, 6.07) is 0. The predicted octanol–water partition coefficient (Wildman–Crippen LogP) is 8.51. The summed E-state index contributed by atoms with van der Waals surface area (Å²) >= 11 is 0. The molecule has 10 nitrogen and oxygen atoms in total. The molecule has 0 radical (unpaired) electrons. The van der Waals surface area contributed by atoms with Crippen LogP contribution in [0, 0.1) is 0 Å². The Kier molecular flexibility index (Phi) is 34.0. The molecule has 10 heteroatoms. The van der Waals surface area contributed by atoms with Crippen LogP contribution < -0.4 is 0 Å². The molecular weight excluding hydrogens is 712 g/mol. The van der Waals surface area contributed by atoms with Crippen molar-refractivity contribution in [1.29, 1.82) is 0 Å². The van der Waals surface area contributed by atoms with Crippen LogP contribution in [0.3, 0.4) is 0 Å². The third kappa shape index (κ3) is 22.9. The molecule has 0 rings (SSSR count). The summed E-state index contributed by atoms with van der Waals surface area (Å²) in [4.78, 5) is 52.9. The van der Waals surface area contributed by atoms with E-state index in [1.807, 2.05) is 0 Å². The summed E-state index contributed by atoms with van der Waals surface area (Å²) in [5.74, 6) is -4.48. The van der Waals surface area contributed by atoms with Crippen molar-refractivity contribution in [2.75, 3.05) is 13.2 Å². The first kappa shape index (κ1) is 54.2. The summed E-state index contributed by atoms with van der Waals surface area (Å²) in [5, 5.41) is 62.0. The average molecular weight is 797 g/mol. The van der Waals surface area contributed by atoms with Gasteiger partial charge in [-0.15, -0.1) is 0 Å². The molecule has 0 aliphatic carbocycles. The molecule has 0 aliphatic heterocycles. The Labute approximate surface area is 340 Å². The van der Waals surface area contributed by atoms with E-state index in [0.29, 0.717) is 19.3 Å². The quantitative estimate of drug-likeness (QED) is 0.0198. The van der Waals surface area contributed by atoms with Gasteiger partial charge in [0.2, 0.25) is 5.60 Å². The second kappa shape index (κ2) is 35.2. The molecule has 4 unspecified atom stereocenters. The number of carbonyl (C=O) groups excluding carboxylic acids is 4. The Morgan fingerprint density at radius 3 is 1.20 bits per heavy atom. The summed E-state index contributed by atoms with van der Waals surface area (Å²) in [6.45, 7) is 2.16. The highest BCUT2D eigenvalue weighted by atomic mass is 16.4. The van der Waals surface area contributed by atoms with E-state index >= 15 is 0 Å². The second-order valence-corrected chi connectivity index (χ2v) is 16.2. The van der Waals surface area contributed by atoms with Crippen LogP contribution >= 0.6 is 0 Å². The van der Waals surface area contributed by atoms with Gasteiger partial charge in [0.1, 0.15) is 12.2 Å². The number of hydrogen-bond acceptors (Lipinski definition) is 10. The van der Waals surface area contributed by atoms with Crippen molar-refractivity contribution in [2.24, 2.45) is 0 Å². The largest absolute Gasteiger partial charge is 0.394 e. The van der Waals surface area contributed by atoms with E-state index in [1.54, 1.807) is 0 Å². The third-order valence-corrected chi connectivity index (χ3v) is 11.2. The van der Waals surface area contributed by atoms with Gasteiger partial charge in [0.15, 0.2) is 28.7 Å². The number of aliphatic hydroxyl groups is 6. The Hall–Kier alpha value is -1.82. The van der Waals surface area contributed by atoms with E-state index in [4.69, 9.17) is 5.11 Å². The maximum Gasteiger partial charge on any atom is 0.219 e. The van der Waals surface area contributed by atoms with Gasteiger partial charge in [-0.05, 0) is 38.5 Å². The topological polar surface area (TPSA) is 190 Å². The smallest absolute Gasteiger partial charge is 0.219 e. The molecule has 0 aromatic rings. The third-order valence-electron chi connectivity index (χ3n) is 11.2. The van der Waals surface area contributed by atoms with E-state index in [0.717, 1.165) is 57.8 Å². The van der Waals surface area contributed by atoms with Crippen molar-refractivity contribution in [3.05, 3.63) is 12.2 Å². The van der Waals surface area contributed by atoms with Gasteiger partial charge in [0.25, 0.3) is 0 Å². The highest BCUT2D eigenvalue weighted by molar-refractivity contribution is 6.16. The molecule has 328 valence electrons. The molecule has 0 aromatic heterocycles. The number of unbranched alkanes of at least 4 members (excludes halogenated alkanes) is 25. The minimum Gasteiger partial charge on any atom is -0.394 e. The molecule has 0 bridgehead atoms. The summed E-state index contributed by atoms with van der Waals surface area (Å²) in [5.41, 5.74) is -6.40. The zero-order chi connectivity index (χ0) is 41.9. The molecule has 0 saturated carbocycles. The first-order chi connectivity index (χ1) is 27.0. The molecule has 0 saturated heterocycles. The first-order valence-corrected chi connectivity index (χ1v) is 22.8. The van der Waals surface area contributed by atoms with E-state index in [9.17, 15) is 44.7 Å². The normalized spacial score (nSPS) is 15.1. The molecule has 0 aromatic carbocycles. The lowest BCUT2D eigenvalue weighted by molar-refractivity contribution is -0.194. The Bertz CT molecular complexity index is 1040. The Balaban J connectivity index is 4.99. The highest BCUT2D eigenvalue weighted by Crippen LogP contribution is 2.32. The van der Waals surface area contributed by atoms with E-state index in [-0.39, 0.29) is 19.3 Å². The highest BCUT2D eigenvalue weighted by Gasteiger charge is 2.62. The SMILES string of the molecule is CCCCCC/C=C\CCCCCCCC(=O)C(O)(C(=O)CCC(=O)C(O)C(O)CO)C(O)(CO)C(=O)CCCCCCCCCCCCCCCCCCC. The lowest BCUT2D eigenvalue weighted by Gasteiger charge is -2.39. The second-order valence-electron chi connectivity index (χ2n) is 16.2. The van der Waals surface area contributed by atoms with Crippen molar-refractivity contribution in [1.82, 2.24) is 0 Å². The number of hydrogen-bond donors (Lipinski definition) is 6. The fourth-order valence-corrected chi connectivity index (χ4v) is 7.30. The number of carbonyl (C=O) groups is 4. The number of allylic oxidation sites excluding steroid dienone is 2. The van der Waals surface area contributed by atoms with Crippen LogP contribution in [0.15, 0.2) is 12.2 Å². The maximum atomic E-state index is 13.6. The van der Waals surface area contributed by atoms with Gasteiger partial charge in [-0.2, -0.15) is 0 Å².